The fraction of sp³-hybridized carbons (Fsp3) is 0.261. The van der Waals surface area contributed by atoms with E-state index >= 15 is 0 Å². The molecule has 0 heterocycles. The molecular weight excluding hydrogens is 368 g/mol. The zero-order valence-corrected chi connectivity index (χ0v) is 17.2. The summed E-state index contributed by atoms with van der Waals surface area (Å²) in [7, 11) is 1.49. The summed E-state index contributed by atoms with van der Waals surface area (Å²) in [6.07, 6.45) is 2.90. The summed E-state index contributed by atoms with van der Waals surface area (Å²) in [5, 5.41) is 2.82. The number of benzene rings is 2. The average Bonchev–Trinajstić information content (AvgIpc) is 2.67. The third-order valence-electron chi connectivity index (χ3n) is 4.34. The Morgan fingerprint density at radius 2 is 1.69 bits per heavy atom. The normalized spacial score (nSPS) is 10.6. The molecule has 0 bridgehead atoms. The highest BCUT2D eigenvalue weighted by molar-refractivity contribution is 5.96. The fourth-order valence-corrected chi connectivity index (χ4v) is 2.72. The van der Waals surface area contributed by atoms with E-state index in [0.29, 0.717) is 0 Å². The minimum Gasteiger partial charge on any atom is -0.452 e. The summed E-state index contributed by atoms with van der Waals surface area (Å²) >= 11 is 0. The molecular formula is C23H26N2O4. The SMILES string of the molecule is Cc1cccc(/C=C/C(=O)OCC(=O)N(C)CC(=O)Nc2c(C)cccc2C)c1. The van der Waals surface area contributed by atoms with E-state index < -0.39 is 18.5 Å². The second-order valence-electron chi connectivity index (χ2n) is 6.92. The van der Waals surface area contributed by atoms with Crippen molar-refractivity contribution in [3.63, 3.8) is 0 Å². The molecule has 0 spiro atoms. The van der Waals surface area contributed by atoms with E-state index in [1.807, 2.05) is 63.2 Å². The molecule has 0 unspecified atom stereocenters. The monoisotopic (exact) mass is 394 g/mol. The molecule has 6 heteroatoms. The number of carbonyl (C=O) groups is 3. The van der Waals surface area contributed by atoms with E-state index in [9.17, 15) is 14.4 Å². The smallest absolute Gasteiger partial charge is 0.331 e. The minimum atomic E-state index is -0.617. The van der Waals surface area contributed by atoms with Gasteiger partial charge in [-0.15, -0.1) is 0 Å². The Kier molecular flexibility index (Phi) is 7.71. The number of nitrogens with zero attached hydrogens (tertiary/aromatic N) is 1. The van der Waals surface area contributed by atoms with Crippen LogP contribution in [0, 0.1) is 20.8 Å². The standard InChI is InChI=1S/C23H26N2O4/c1-16-7-5-10-19(13-16)11-12-22(28)29-15-21(27)25(4)14-20(26)24-23-17(2)8-6-9-18(23)3/h5-13H,14-15H2,1-4H3,(H,24,26)/b12-11+. The quantitative estimate of drug-likeness (QED) is 0.578. The average molecular weight is 394 g/mol. The van der Waals surface area contributed by atoms with E-state index in [-0.39, 0.29) is 12.5 Å². The van der Waals surface area contributed by atoms with Crippen LogP contribution in [0.3, 0.4) is 0 Å². The maximum atomic E-state index is 12.2. The number of hydrogen-bond donors (Lipinski definition) is 1. The second kappa shape index (κ2) is 10.2. The maximum absolute atomic E-state index is 12.2. The highest BCUT2D eigenvalue weighted by atomic mass is 16.5. The van der Waals surface area contributed by atoms with Gasteiger partial charge < -0.3 is 15.0 Å². The third kappa shape index (κ3) is 6.92. The Balaban J connectivity index is 1.81. The van der Waals surface area contributed by atoms with E-state index in [0.717, 1.165) is 27.9 Å². The zero-order chi connectivity index (χ0) is 21.4. The van der Waals surface area contributed by atoms with Crippen LogP contribution in [0.2, 0.25) is 0 Å². The Morgan fingerprint density at radius 1 is 1.03 bits per heavy atom. The first kappa shape index (κ1) is 21.9. The summed E-state index contributed by atoms with van der Waals surface area (Å²) in [6.45, 7) is 5.20. The van der Waals surface area contributed by atoms with Gasteiger partial charge in [-0.3, -0.25) is 9.59 Å². The van der Waals surface area contributed by atoms with Crippen LogP contribution >= 0.6 is 0 Å². The summed E-state index contributed by atoms with van der Waals surface area (Å²) in [6, 6.07) is 13.4. The van der Waals surface area contributed by atoms with E-state index in [1.165, 1.54) is 18.0 Å². The van der Waals surface area contributed by atoms with Gasteiger partial charge in [0.25, 0.3) is 5.91 Å². The third-order valence-corrected chi connectivity index (χ3v) is 4.34. The first-order valence-corrected chi connectivity index (χ1v) is 9.28. The van der Waals surface area contributed by atoms with Crippen molar-refractivity contribution in [2.24, 2.45) is 0 Å². The Hall–Kier alpha value is -3.41. The fourth-order valence-electron chi connectivity index (χ4n) is 2.72. The Bertz CT molecular complexity index is 914. The van der Waals surface area contributed by atoms with Crippen LogP contribution in [0.5, 0.6) is 0 Å². The molecule has 0 aliphatic rings. The largest absolute Gasteiger partial charge is 0.452 e. The molecule has 2 aromatic carbocycles. The number of para-hydroxylation sites is 1. The van der Waals surface area contributed by atoms with Gasteiger partial charge in [-0.1, -0.05) is 48.0 Å². The van der Waals surface area contributed by atoms with Gasteiger partial charge in [-0.2, -0.15) is 0 Å². The van der Waals surface area contributed by atoms with Crippen molar-refractivity contribution in [3.8, 4) is 0 Å². The summed E-state index contributed by atoms with van der Waals surface area (Å²) in [5.41, 5.74) is 4.58. The molecule has 2 aromatic rings. The van der Waals surface area contributed by atoms with Gasteiger partial charge in [0.1, 0.15) is 0 Å². The van der Waals surface area contributed by atoms with Crippen molar-refractivity contribution in [2.75, 3.05) is 25.5 Å². The molecule has 0 aromatic heterocycles. The molecule has 0 atom stereocenters. The molecule has 0 fully saturated rings. The van der Waals surface area contributed by atoms with Gasteiger partial charge in [-0.25, -0.2) is 4.79 Å². The highest BCUT2D eigenvalue weighted by Gasteiger charge is 2.15. The summed E-state index contributed by atoms with van der Waals surface area (Å²) < 4.78 is 4.97. The number of hydrogen-bond acceptors (Lipinski definition) is 4. The molecule has 0 saturated heterocycles. The molecule has 0 aliphatic carbocycles. The van der Waals surface area contributed by atoms with Crippen molar-refractivity contribution >= 4 is 29.5 Å². The van der Waals surface area contributed by atoms with E-state index in [4.69, 9.17) is 4.74 Å². The topological polar surface area (TPSA) is 75.7 Å². The van der Waals surface area contributed by atoms with Crippen molar-refractivity contribution in [3.05, 3.63) is 70.8 Å². The number of likely N-dealkylation sites (N-methyl/N-ethyl adjacent to an activating group) is 1. The van der Waals surface area contributed by atoms with E-state index in [2.05, 4.69) is 5.32 Å². The summed E-state index contributed by atoms with van der Waals surface area (Å²) in [5.74, 6) is -1.39. The van der Waals surface area contributed by atoms with Crippen LogP contribution in [-0.4, -0.2) is 42.9 Å². The first-order valence-electron chi connectivity index (χ1n) is 9.28. The molecule has 2 rings (SSSR count). The lowest BCUT2D eigenvalue weighted by atomic mass is 10.1. The number of ether oxygens (including phenoxy) is 1. The van der Waals surface area contributed by atoms with Crippen molar-refractivity contribution in [1.29, 1.82) is 0 Å². The Labute approximate surface area is 171 Å². The Morgan fingerprint density at radius 3 is 2.34 bits per heavy atom. The predicted molar refractivity (Wildman–Crippen MR) is 113 cm³/mol. The highest BCUT2D eigenvalue weighted by Crippen LogP contribution is 2.19. The van der Waals surface area contributed by atoms with Crippen LogP contribution in [-0.2, 0) is 19.1 Å². The molecule has 0 aliphatic heterocycles. The molecule has 152 valence electrons. The number of carbonyl (C=O) groups excluding carboxylic acids is 3. The lowest BCUT2D eigenvalue weighted by Gasteiger charge is -2.18. The van der Waals surface area contributed by atoms with Crippen LogP contribution in [0.25, 0.3) is 6.08 Å². The van der Waals surface area contributed by atoms with Gasteiger partial charge >= 0.3 is 5.97 Å². The molecule has 6 nitrogen and oxygen atoms in total. The molecule has 2 amide bonds. The maximum Gasteiger partial charge on any atom is 0.331 e. The number of rotatable bonds is 7. The van der Waals surface area contributed by atoms with Gasteiger partial charge in [0.15, 0.2) is 6.61 Å². The van der Waals surface area contributed by atoms with Crippen LogP contribution in [0.4, 0.5) is 5.69 Å². The number of amides is 2. The predicted octanol–water partition coefficient (Wildman–Crippen LogP) is 3.27. The summed E-state index contributed by atoms with van der Waals surface area (Å²) in [4.78, 5) is 37.4. The van der Waals surface area contributed by atoms with Crippen LogP contribution in [0.1, 0.15) is 22.3 Å². The van der Waals surface area contributed by atoms with Crippen molar-refractivity contribution in [1.82, 2.24) is 4.90 Å². The van der Waals surface area contributed by atoms with Crippen LogP contribution in [0.15, 0.2) is 48.5 Å². The number of esters is 1. The molecule has 0 saturated carbocycles. The first-order chi connectivity index (χ1) is 13.8. The van der Waals surface area contributed by atoms with Gasteiger partial charge in [0.2, 0.25) is 5.91 Å². The number of nitrogens with one attached hydrogen (secondary N) is 1. The number of anilines is 1. The van der Waals surface area contributed by atoms with E-state index in [1.54, 1.807) is 6.08 Å². The van der Waals surface area contributed by atoms with Crippen molar-refractivity contribution < 1.29 is 19.1 Å². The second-order valence-corrected chi connectivity index (χ2v) is 6.92. The lowest BCUT2D eigenvalue weighted by Crippen LogP contribution is -2.37. The van der Waals surface area contributed by atoms with Gasteiger partial charge in [0.05, 0.1) is 6.54 Å². The molecule has 0 radical (unpaired) electrons. The van der Waals surface area contributed by atoms with Gasteiger partial charge in [0, 0.05) is 18.8 Å². The van der Waals surface area contributed by atoms with Crippen LogP contribution < -0.4 is 5.32 Å². The lowest BCUT2D eigenvalue weighted by molar-refractivity contribution is -0.148. The van der Waals surface area contributed by atoms with Crippen molar-refractivity contribution in [2.45, 2.75) is 20.8 Å². The molecule has 1 N–H and O–H groups in total. The minimum absolute atomic E-state index is 0.136. The number of aryl methyl sites for hydroxylation is 3. The van der Waals surface area contributed by atoms with Gasteiger partial charge in [-0.05, 0) is 43.5 Å². The zero-order valence-electron chi connectivity index (χ0n) is 17.2. The molecule has 29 heavy (non-hydrogen) atoms.